The Labute approximate surface area is 163 Å². The first-order valence-electron chi connectivity index (χ1n) is 9.66. The first-order valence-corrected chi connectivity index (χ1v) is 9.66. The summed E-state index contributed by atoms with van der Waals surface area (Å²) in [6.45, 7) is 3.70. The number of hydrogen-bond donors (Lipinski definition) is 2. The maximum Gasteiger partial charge on any atom is 0.330 e. The minimum absolute atomic E-state index is 0.0833. The maximum absolute atomic E-state index is 12.5. The van der Waals surface area contributed by atoms with Gasteiger partial charge in [-0.05, 0) is 18.4 Å². The van der Waals surface area contributed by atoms with E-state index in [9.17, 15) is 19.5 Å². The van der Waals surface area contributed by atoms with E-state index in [2.05, 4.69) is 4.98 Å². The molecule has 0 aliphatic carbocycles. The number of aromatic nitrogens is 2. The number of carbonyl (C=O) groups excluding carboxylic acids is 1. The second-order valence-electron chi connectivity index (χ2n) is 7.24. The number of aliphatic hydroxyl groups excluding tert-OH is 1. The van der Waals surface area contributed by atoms with Gasteiger partial charge in [0.15, 0.2) is 0 Å². The number of Topliss-reactive ketones (excluding diaryl/α,β-unsaturated/α-hetero) is 1. The van der Waals surface area contributed by atoms with E-state index < -0.39 is 29.7 Å². The van der Waals surface area contributed by atoms with Crippen LogP contribution < -0.4 is 11.2 Å². The van der Waals surface area contributed by atoms with E-state index in [0.29, 0.717) is 18.4 Å². The van der Waals surface area contributed by atoms with E-state index in [1.165, 1.54) is 10.8 Å². The number of hydrogen-bond acceptors (Lipinski definition) is 5. The van der Waals surface area contributed by atoms with E-state index in [1.807, 2.05) is 44.2 Å². The number of aryl methyl sites for hydroxylation is 1. The highest BCUT2D eigenvalue weighted by Gasteiger charge is 2.36. The van der Waals surface area contributed by atoms with E-state index in [1.54, 1.807) is 0 Å². The van der Waals surface area contributed by atoms with Crippen LogP contribution in [-0.4, -0.2) is 32.6 Å². The molecule has 150 valence electrons. The first-order chi connectivity index (χ1) is 13.4. The molecule has 7 heteroatoms. The van der Waals surface area contributed by atoms with Gasteiger partial charge >= 0.3 is 5.69 Å². The molecule has 1 aliphatic heterocycles. The Morgan fingerprint density at radius 2 is 2.04 bits per heavy atom. The summed E-state index contributed by atoms with van der Waals surface area (Å²) >= 11 is 0. The molecular weight excluding hydrogens is 360 g/mol. The molecule has 0 saturated carbocycles. The first kappa shape index (κ1) is 20.2. The number of benzene rings is 1. The Morgan fingerprint density at radius 3 is 2.71 bits per heavy atom. The van der Waals surface area contributed by atoms with Gasteiger partial charge < -0.3 is 9.84 Å². The lowest BCUT2D eigenvalue weighted by Gasteiger charge is -2.17. The SMILES string of the molecule is CCc1cn([C@H]2C[C@H](O)[C@@H](CCC(=O)C(C)c3ccccc3)O2)c(=O)[nH]c1=O. The fourth-order valence-corrected chi connectivity index (χ4v) is 3.57. The van der Waals surface area contributed by atoms with Crippen LogP contribution in [0.4, 0.5) is 0 Å². The van der Waals surface area contributed by atoms with Crippen LogP contribution in [0.3, 0.4) is 0 Å². The Hall–Kier alpha value is -2.51. The lowest BCUT2D eigenvalue weighted by molar-refractivity contribution is -0.121. The average Bonchev–Trinajstić information content (AvgIpc) is 3.06. The van der Waals surface area contributed by atoms with Gasteiger partial charge in [-0.15, -0.1) is 0 Å². The Balaban J connectivity index is 1.64. The fraction of sp³-hybridized carbons (Fsp3) is 0.476. The van der Waals surface area contributed by atoms with Crippen LogP contribution in [0, 0.1) is 0 Å². The van der Waals surface area contributed by atoms with Crippen LogP contribution in [0.15, 0.2) is 46.1 Å². The molecular formula is C21H26N2O5. The average molecular weight is 386 g/mol. The molecule has 0 radical (unpaired) electrons. The molecule has 3 rings (SSSR count). The molecule has 0 amide bonds. The van der Waals surface area contributed by atoms with Crippen molar-refractivity contribution in [3.05, 3.63) is 68.5 Å². The standard InChI is InChI=1S/C21H26N2O5/c1-3-14-12-23(21(27)22-20(14)26)19-11-17(25)18(28-19)10-9-16(24)13(2)15-7-5-4-6-8-15/h4-8,12-13,17-19,25H,3,9-11H2,1-2H3,(H,22,26,27)/t13?,17-,18+,19+/m0/s1. The number of ether oxygens (including phenoxy) is 1. The Morgan fingerprint density at radius 1 is 1.32 bits per heavy atom. The second-order valence-corrected chi connectivity index (χ2v) is 7.24. The van der Waals surface area contributed by atoms with E-state index in [4.69, 9.17) is 4.74 Å². The minimum Gasteiger partial charge on any atom is -0.390 e. The van der Waals surface area contributed by atoms with Crippen molar-refractivity contribution >= 4 is 5.78 Å². The number of rotatable bonds is 7. The molecule has 7 nitrogen and oxygen atoms in total. The summed E-state index contributed by atoms with van der Waals surface area (Å²) in [6.07, 6.45) is 0.926. The van der Waals surface area contributed by atoms with Crippen LogP contribution in [0.25, 0.3) is 0 Å². The molecule has 1 saturated heterocycles. The highest BCUT2D eigenvalue weighted by Crippen LogP contribution is 2.31. The van der Waals surface area contributed by atoms with Crippen LogP contribution in [0.2, 0.25) is 0 Å². The van der Waals surface area contributed by atoms with Crippen molar-refractivity contribution in [2.24, 2.45) is 0 Å². The highest BCUT2D eigenvalue weighted by molar-refractivity contribution is 5.85. The van der Waals surface area contributed by atoms with Gasteiger partial charge in [0.05, 0.1) is 12.2 Å². The number of ketones is 1. The van der Waals surface area contributed by atoms with Crippen molar-refractivity contribution in [2.75, 3.05) is 0 Å². The predicted octanol–water partition coefficient (Wildman–Crippen LogP) is 1.90. The lowest BCUT2D eigenvalue weighted by atomic mass is 9.93. The van der Waals surface area contributed by atoms with Crippen LogP contribution in [-0.2, 0) is 16.0 Å². The zero-order valence-corrected chi connectivity index (χ0v) is 16.1. The number of aliphatic hydroxyl groups is 1. The summed E-state index contributed by atoms with van der Waals surface area (Å²) in [5.41, 5.74) is 0.478. The second kappa shape index (κ2) is 8.67. The molecule has 28 heavy (non-hydrogen) atoms. The molecule has 4 atom stereocenters. The summed E-state index contributed by atoms with van der Waals surface area (Å²) in [4.78, 5) is 38.6. The van der Waals surface area contributed by atoms with Crippen LogP contribution >= 0.6 is 0 Å². The van der Waals surface area contributed by atoms with Gasteiger partial charge in [-0.25, -0.2) is 4.79 Å². The monoisotopic (exact) mass is 386 g/mol. The summed E-state index contributed by atoms with van der Waals surface area (Å²) in [7, 11) is 0. The zero-order valence-electron chi connectivity index (χ0n) is 16.1. The molecule has 1 fully saturated rings. The quantitative estimate of drug-likeness (QED) is 0.757. The molecule has 1 aromatic heterocycles. The lowest BCUT2D eigenvalue weighted by Crippen LogP contribution is -2.34. The summed E-state index contributed by atoms with van der Waals surface area (Å²) in [5, 5.41) is 10.3. The van der Waals surface area contributed by atoms with Crippen molar-refractivity contribution in [3.63, 3.8) is 0 Å². The van der Waals surface area contributed by atoms with Crippen molar-refractivity contribution < 1.29 is 14.6 Å². The van der Waals surface area contributed by atoms with Crippen molar-refractivity contribution in [1.29, 1.82) is 0 Å². The number of aromatic amines is 1. The summed E-state index contributed by atoms with van der Waals surface area (Å²) in [6, 6.07) is 9.56. The normalized spacial score (nSPS) is 22.9. The maximum atomic E-state index is 12.5. The predicted molar refractivity (Wildman–Crippen MR) is 104 cm³/mol. The zero-order chi connectivity index (χ0) is 20.3. The van der Waals surface area contributed by atoms with Gasteiger partial charge in [0.25, 0.3) is 5.56 Å². The third-order valence-electron chi connectivity index (χ3n) is 5.39. The molecule has 2 heterocycles. The van der Waals surface area contributed by atoms with Gasteiger partial charge in [0.2, 0.25) is 0 Å². The van der Waals surface area contributed by atoms with Gasteiger partial charge in [0.1, 0.15) is 12.0 Å². The summed E-state index contributed by atoms with van der Waals surface area (Å²) in [5.74, 6) is -0.135. The largest absolute Gasteiger partial charge is 0.390 e. The van der Waals surface area contributed by atoms with Gasteiger partial charge in [-0.1, -0.05) is 44.2 Å². The molecule has 0 spiro atoms. The Bertz CT molecular complexity index is 934. The van der Waals surface area contributed by atoms with Crippen molar-refractivity contribution in [2.45, 2.75) is 63.9 Å². The smallest absolute Gasteiger partial charge is 0.330 e. The van der Waals surface area contributed by atoms with E-state index in [0.717, 1.165) is 5.56 Å². The number of H-pyrrole nitrogens is 1. The van der Waals surface area contributed by atoms with Gasteiger partial charge in [-0.3, -0.25) is 19.1 Å². The Kier molecular flexibility index (Phi) is 6.26. The number of nitrogens with zero attached hydrogens (tertiary/aromatic N) is 1. The van der Waals surface area contributed by atoms with Crippen LogP contribution in [0.1, 0.15) is 56.4 Å². The number of nitrogens with one attached hydrogen (secondary N) is 1. The highest BCUT2D eigenvalue weighted by atomic mass is 16.5. The molecule has 2 aromatic rings. The van der Waals surface area contributed by atoms with Gasteiger partial charge in [-0.2, -0.15) is 0 Å². The van der Waals surface area contributed by atoms with Crippen molar-refractivity contribution in [3.8, 4) is 0 Å². The minimum atomic E-state index is -0.770. The van der Waals surface area contributed by atoms with E-state index in [-0.39, 0.29) is 24.5 Å². The fourth-order valence-electron chi connectivity index (χ4n) is 3.57. The topological polar surface area (TPSA) is 101 Å². The molecule has 1 aromatic carbocycles. The third-order valence-corrected chi connectivity index (χ3v) is 5.39. The molecule has 1 unspecified atom stereocenters. The number of carbonyl (C=O) groups is 1. The molecule has 2 N–H and O–H groups in total. The molecule has 0 bridgehead atoms. The third kappa shape index (κ3) is 4.31. The van der Waals surface area contributed by atoms with Crippen molar-refractivity contribution in [1.82, 2.24) is 9.55 Å². The molecule has 1 aliphatic rings. The summed E-state index contributed by atoms with van der Waals surface area (Å²) < 4.78 is 7.17. The van der Waals surface area contributed by atoms with Gasteiger partial charge in [0, 0.05) is 30.5 Å². The van der Waals surface area contributed by atoms with Crippen LogP contribution in [0.5, 0.6) is 0 Å². The van der Waals surface area contributed by atoms with E-state index >= 15 is 0 Å².